The Morgan fingerprint density at radius 1 is 1.26 bits per heavy atom. The van der Waals surface area contributed by atoms with Crippen LogP contribution in [0.2, 0.25) is 0 Å². The molecule has 0 saturated carbocycles. The van der Waals surface area contributed by atoms with E-state index >= 15 is 0 Å². The number of ether oxygens (including phenoxy) is 2. The number of esters is 1. The molecule has 0 aliphatic carbocycles. The molecule has 5 heteroatoms. The molecule has 0 aliphatic heterocycles. The molecule has 0 atom stereocenters. The first-order valence-electron chi connectivity index (χ1n) is 6.13. The zero-order valence-electron chi connectivity index (χ0n) is 11.3. The van der Waals surface area contributed by atoms with Crippen molar-refractivity contribution in [1.29, 1.82) is 0 Å². The Labute approximate surface area is 112 Å². The van der Waals surface area contributed by atoms with E-state index in [1.807, 2.05) is 12.1 Å². The second-order valence-electron chi connectivity index (χ2n) is 4.06. The smallest absolute Gasteiger partial charge is 0.338 e. The predicted octanol–water partition coefficient (Wildman–Crippen LogP) is 1.52. The first kappa shape index (κ1) is 15.2. The summed E-state index contributed by atoms with van der Waals surface area (Å²) >= 11 is 0. The lowest BCUT2D eigenvalue weighted by Crippen LogP contribution is -2.22. The topological polar surface area (TPSA) is 64.6 Å². The summed E-state index contributed by atoms with van der Waals surface area (Å²) in [5.74, 6) is -0.452. The number of nitrogens with one attached hydrogen (secondary N) is 1. The van der Waals surface area contributed by atoms with Gasteiger partial charge in [0.05, 0.1) is 18.8 Å². The van der Waals surface area contributed by atoms with Gasteiger partial charge in [-0.1, -0.05) is 18.2 Å². The molecule has 1 N–H and O–H groups in total. The summed E-state index contributed by atoms with van der Waals surface area (Å²) in [7, 11) is 1.58. The Hall–Kier alpha value is -1.88. The second kappa shape index (κ2) is 8.26. The van der Waals surface area contributed by atoms with Gasteiger partial charge in [-0.2, -0.15) is 0 Å². The third-order valence-electron chi connectivity index (χ3n) is 2.47. The van der Waals surface area contributed by atoms with Crippen molar-refractivity contribution in [2.45, 2.75) is 20.0 Å². The predicted molar refractivity (Wildman–Crippen MR) is 70.7 cm³/mol. The maximum atomic E-state index is 11.9. The molecule has 1 aromatic rings. The van der Waals surface area contributed by atoms with Crippen LogP contribution in [0, 0.1) is 0 Å². The fraction of sp³-hybridized carbons (Fsp3) is 0.429. The first-order valence-corrected chi connectivity index (χ1v) is 6.13. The highest BCUT2D eigenvalue weighted by atomic mass is 16.5. The molecule has 0 radical (unpaired) electrons. The van der Waals surface area contributed by atoms with Crippen LogP contribution in [0.5, 0.6) is 0 Å². The molecule has 1 rings (SSSR count). The molecule has 0 aliphatic rings. The maximum absolute atomic E-state index is 11.9. The zero-order chi connectivity index (χ0) is 14.1. The van der Waals surface area contributed by atoms with Crippen LogP contribution >= 0.6 is 0 Å². The van der Waals surface area contributed by atoms with Gasteiger partial charge in [-0.25, -0.2) is 4.79 Å². The van der Waals surface area contributed by atoms with E-state index in [9.17, 15) is 9.59 Å². The summed E-state index contributed by atoms with van der Waals surface area (Å²) in [5, 5.41) is 2.64. The average molecular weight is 265 g/mol. The third kappa shape index (κ3) is 5.52. The van der Waals surface area contributed by atoms with E-state index in [2.05, 4.69) is 5.32 Å². The van der Waals surface area contributed by atoms with Crippen LogP contribution in [-0.2, 0) is 20.9 Å². The van der Waals surface area contributed by atoms with E-state index < -0.39 is 0 Å². The van der Waals surface area contributed by atoms with Crippen molar-refractivity contribution in [3.63, 3.8) is 0 Å². The minimum atomic E-state index is -0.365. The van der Waals surface area contributed by atoms with Crippen LogP contribution in [0.4, 0.5) is 0 Å². The Morgan fingerprint density at radius 3 is 2.68 bits per heavy atom. The second-order valence-corrected chi connectivity index (χ2v) is 4.06. The fourth-order valence-corrected chi connectivity index (χ4v) is 1.58. The molecule has 0 bridgehead atoms. The summed E-state index contributed by atoms with van der Waals surface area (Å²) in [5.41, 5.74) is 1.32. The van der Waals surface area contributed by atoms with Crippen molar-refractivity contribution in [2.24, 2.45) is 0 Å². The summed E-state index contributed by atoms with van der Waals surface area (Å²) in [6, 6.07) is 7.18. The molecule has 0 aromatic heterocycles. The van der Waals surface area contributed by atoms with Crippen LogP contribution in [0.3, 0.4) is 0 Å². The largest absolute Gasteiger partial charge is 0.462 e. The van der Waals surface area contributed by atoms with E-state index in [0.29, 0.717) is 25.1 Å². The van der Waals surface area contributed by atoms with Crippen LogP contribution in [0.15, 0.2) is 24.3 Å². The van der Waals surface area contributed by atoms with Gasteiger partial charge in [-0.15, -0.1) is 0 Å². The number of rotatable bonds is 7. The van der Waals surface area contributed by atoms with Crippen molar-refractivity contribution in [1.82, 2.24) is 5.32 Å². The van der Waals surface area contributed by atoms with Crippen molar-refractivity contribution < 1.29 is 19.1 Å². The molecule has 0 fully saturated rings. The van der Waals surface area contributed by atoms with Crippen LogP contribution < -0.4 is 5.32 Å². The molecule has 19 heavy (non-hydrogen) atoms. The average Bonchev–Trinajstić information content (AvgIpc) is 2.39. The van der Waals surface area contributed by atoms with Gasteiger partial charge in [0.15, 0.2) is 0 Å². The highest BCUT2D eigenvalue weighted by molar-refractivity contribution is 5.91. The summed E-state index contributed by atoms with van der Waals surface area (Å²) in [4.78, 5) is 22.5. The van der Waals surface area contributed by atoms with E-state index in [1.165, 1.54) is 6.92 Å². The molecule has 1 amide bonds. The van der Waals surface area contributed by atoms with Crippen LogP contribution in [0.25, 0.3) is 0 Å². The summed E-state index contributed by atoms with van der Waals surface area (Å²) in [6.07, 6.45) is 0.595. The molecule has 0 heterocycles. The Bertz CT molecular complexity index is 431. The SMILES string of the molecule is COCc1ccccc1C(=O)OCCCNC(C)=O. The Balaban J connectivity index is 2.43. The van der Waals surface area contributed by atoms with E-state index in [-0.39, 0.29) is 18.5 Å². The number of carbonyl (C=O) groups is 2. The Kier molecular flexibility index (Phi) is 6.60. The minimum absolute atomic E-state index is 0.0863. The van der Waals surface area contributed by atoms with Crippen LogP contribution in [-0.4, -0.2) is 32.1 Å². The van der Waals surface area contributed by atoms with E-state index in [4.69, 9.17) is 9.47 Å². The quantitative estimate of drug-likeness (QED) is 0.599. The van der Waals surface area contributed by atoms with Crippen molar-refractivity contribution in [3.05, 3.63) is 35.4 Å². The molecule has 1 aromatic carbocycles. The van der Waals surface area contributed by atoms with Crippen LogP contribution in [0.1, 0.15) is 29.3 Å². The number of amides is 1. The third-order valence-corrected chi connectivity index (χ3v) is 2.47. The minimum Gasteiger partial charge on any atom is -0.462 e. The number of methoxy groups -OCH3 is 1. The molecular formula is C14H19NO4. The van der Waals surface area contributed by atoms with Crippen molar-refractivity contribution in [3.8, 4) is 0 Å². The normalized spacial score (nSPS) is 10.0. The number of carbonyl (C=O) groups excluding carboxylic acids is 2. The molecule has 0 unspecified atom stereocenters. The number of hydrogen-bond donors (Lipinski definition) is 1. The molecule has 0 spiro atoms. The van der Waals surface area contributed by atoms with E-state index in [0.717, 1.165) is 5.56 Å². The Morgan fingerprint density at radius 2 is 2.00 bits per heavy atom. The zero-order valence-corrected chi connectivity index (χ0v) is 11.3. The van der Waals surface area contributed by atoms with Gasteiger partial charge < -0.3 is 14.8 Å². The lowest BCUT2D eigenvalue weighted by atomic mass is 10.1. The standard InChI is InChI=1S/C14H19NO4/c1-11(16)15-8-5-9-19-14(17)13-7-4-3-6-12(13)10-18-2/h3-4,6-7H,5,8-10H2,1-2H3,(H,15,16). The lowest BCUT2D eigenvalue weighted by Gasteiger charge is -2.09. The van der Waals surface area contributed by atoms with E-state index in [1.54, 1.807) is 19.2 Å². The summed E-state index contributed by atoms with van der Waals surface area (Å²) in [6.45, 7) is 2.60. The van der Waals surface area contributed by atoms with Crippen molar-refractivity contribution >= 4 is 11.9 Å². The van der Waals surface area contributed by atoms with Gasteiger partial charge in [-0.3, -0.25) is 4.79 Å². The van der Waals surface area contributed by atoms with Gasteiger partial charge in [0, 0.05) is 20.6 Å². The maximum Gasteiger partial charge on any atom is 0.338 e. The lowest BCUT2D eigenvalue weighted by molar-refractivity contribution is -0.118. The molecular weight excluding hydrogens is 246 g/mol. The fourth-order valence-electron chi connectivity index (χ4n) is 1.58. The molecule has 104 valence electrons. The number of benzene rings is 1. The van der Waals surface area contributed by atoms with Crippen molar-refractivity contribution in [2.75, 3.05) is 20.3 Å². The van der Waals surface area contributed by atoms with Gasteiger partial charge in [-0.05, 0) is 18.1 Å². The highest BCUT2D eigenvalue weighted by Gasteiger charge is 2.11. The monoisotopic (exact) mass is 265 g/mol. The first-order chi connectivity index (χ1) is 9.15. The molecule has 0 saturated heterocycles. The van der Waals surface area contributed by atoms with Gasteiger partial charge in [0.1, 0.15) is 0 Å². The highest BCUT2D eigenvalue weighted by Crippen LogP contribution is 2.11. The summed E-state index contributed by atoms with van der Waals surface area (Å²) < 4.78 is 10.2. The van der Waals surface area contributed by atoms with Gasteiger partial charge in [0.25, 0.3) is 0 Å². The van der Waals surface area contributed by atoms with Gasteiger partial charge >= 0.3 is 5.97 Å². The van der Waals surface area contributed by atoms with Gasteiger partial charge in [0.2, 0.25) is 5.91 Å². The molecule has 5 nitrogen and oxygen atoms in total. The number of hydrogen-bond acceptors (Lipinski definition) is 4.